The van der Waals surface area contributed by atoms with Gasteiger partial charge in [-0.15, -0.1) is 22.6 Å². The molecule has 1 amide bonds. The second kappa shape index (κ2) is 18.3. The Kier molecular flexibility index (Phi) is 13.7. The van der Waals surface area contributed by atoms with E-state index in [2.05, 4.69) is 40.4 Å². The van der Waals surface area contributed by atoms with Crippen LogP contribution < -0.4 is 11.1 Å². The van der Waals surface area contributed by atoms with Crippen molar-refractivity contribution in [3.63, 3.8) is 0 Å². The molecule has 0 fully saturated rings. The van der Waals surface area contributed by atoms with Crippen molar-refractivity contribution in [1.29, 1.82) is 0 Å². The number of aromatic nitrogens is 8. The summed E-state index contributed by atoms with van der Waals surface area (Å²) < 4.78 is 33.3. The van der Waals surface area contributed by atoms with Crippen LogP contribution in [0.25, 0.3) is 33.2 Å². The molecule has 274 valence electrons. The number of rotatable bonds is 8. The topological polar surface area (TPSA) is 206 Å². The van der Waals surface area contributed by atoms with E-state index in [0.29, 0.717) is 45.3 Å². The molecule has 5 aromatic heterocycles. The maximum atomic E-state index is 13.2. The van der Waals surface area contributed by atoms with Crippen molar-refractivity contribution in [2.45, 2.75) is 19.9 Å². The van der Waals surface area contributed by atoms with Gasteiger partial charge in [-0.2, -0.15) is 10.2 Å². The van der Waals surface area contributed by atoms with Gasteiger partial charge in [0, 0.05) is 23.2 Å². The van der Waals surface area contributed by atoms with Crippen LogP contribution in [0, 0.1) is 11.6 Å². The van der Waals surface area contributed by atoms with Gasteiger partial charge < -0.3 is 20.9 Å². The van der Waals surface area contributed by atoms with E-state index in [9.17, 15) is 23.2 Å². The summed E-state index contributed by atoms with van der Waals surface area (Å²) >= 11 is 1.48. The number of fused-ring (bicyclic) bond motifs is 2. The van der Waals surface area contributed by atoms with E-state index >= 15 is 0 Å². The van der Waals surface area contributed by atoms with Crippen molar-refractivity contribution in [3.05, 3.63) is 118 Å². The van der Waals surface area contributed by atoms with E-state index in [1.807, 2.05) is 6.92 Å². The van der Waals surface area contributed by atoms with E-state index in [1.54, 1.807) is 41.3 Å². The molecular formula is C34H31ClF2N10O5S. The van der Waals surface area contributed by atoms with Gasteiger partial charge >= 0.3 is 11.9 Å². The summed E-state index contributed by atoms with van der Waals surface area (Å²) in [5.74, 6) is -2.37. The number of carboxylic acids is 1. The van der Waals surface area contributed by atoms with E-state index in [4.69, 9.17) is 10.8 Å². The van der Waals surface area contributed by atoms with Crippen LogP contribution in [0.1, 0.15) is 37.7 Å². The van der Waals surface area contributed by atoms with Crippen LogP contribution in [-0.2, 0) is 22.5 Å². The predicted octanol–water partition coefficient (Wildman–Crippen LogP) is 4.70. The maximum absolute atomic E-state index is 13.2. The minimum Gasteiger partial charge on any atom is -0.478 e. The Balaban J connectivity index is 0.000000210. The Morgan fingerprint density at radius 2 is 1.28 bits per heavy atom. The van der Waals surface area contributed by atoms with Crippen LogP contribution in [0.4, 0.5) is 8.78 Å². The zero-order valence-corrected chi connectivity index (χ0v) is 29.6. The first-order valence-electron chi connectivity index (χ1n) is 15.4. The number of benzene rings is 2. The second-order valence-corrected chi connectivity index (χ2v) is 11.7. The third-order valence-electron chi connectivity index (χ3n) is 7.22. The molecule has 19 heteroatoms. The number of nitrogens with zero attached hydrogens (tertiary/aromatic N) is 8. The second-order valence-electron chi connectivity index (χ2n) is 10.5. The highest BCUT2D eigenvalue weighted by Crippen LogP contribution is 2.22. The summed E-state index contributed by atoms with van der Waals surface area (Å²) in [6.07, 6.45) is 9.82. The van der Waals surface area contributed by atoms with Gasteiger partial charge in [-0.1, -0.05) is 18.3 Å². The first-order valence-corrected chi connectivity index (χ1v) is 16.2. The fourth-order valence-corrected chi connectivity index (χ4v) is 5.37. The first kappa shape index (κ1) is 39.5. The molecule has 2 aromatic carbocycles. The molecule has 0 aliphatic heterocycles. The van der Waals surface area contributed by atoms with Gasteiger partial charge in [0.25, 0.3) is 5.91 Å². The third kappa shape index (κ3) is 9.56. The molecule has 0 saturated carbocycles. The van der Waals surface area contributed by atoms with Crippen molar-refractivity contribution in [2.24, 2.45) is 5.73 Å². The Hall–Kier alpha value is -6.24. The molecule has 0 bridgehead atoms. The van der Waals surface area contributed by atoms with Crippen molar-refractivity contribution in [3.8, 4) is 11.4 Å². The van der Waals surface area contributed by atoms with Gasteiger partial charge in [-0.05, 0) is 55.0 Å². The Morgan fingerprint density at radius 1 is 0.792 bits per heavy atom. The standard InChI is InChI=1S/C18H15FN6OS.C13H8FN3O2.C3H7NO2.ClH/c1-2-16-23-24-17(27-16)10-21-18(26)14-7-20-9-15-13(14)8-22-25(15)12-5-3-11(19)4-6-12;14-8-1-3-9(4-2-8)17-12-7-15-5-11(13(18)19)10(12)6-16-17;1-6-3(5)2-4;/h3-9H,2,10H2,1H3,(H,21,26);1-7H,(H,18,19);2,4H2,1H3;1H. The summed E-state index contributed by atoms with van der Waals surface area (Å²) in [5.41, 5.74) is 7.87. The number of pyridine rings is 2. The van der Waals surface area contributed by atoms with Gasteiger partial charge in [-0.3, -0.25) is 19.6 Å². The van der Waals surface area contributed by atoms with E-state index in [0.717, 1.165) is 16.4 Å². The smallest absolute Gasteiger partial charge is 0.338 e. The predicted molar refractivity (Wildman–Crippen MR) is 193 cm³/mol. The van der Waals surface area contributed by atoms with Crippen LogP contribution in [0.3, 0.4) is 0 Å². The number of hydrogen-bond donors (Lipinski definition) is 3. The molecular weight excluding hydrogens is 734 g/mol. The number of aryl methyl sites for hydroxylation is 1. The molecule has 0 atom stereocenters. The lowest BCUT2D eigenvalue weighted by Gasteiger charge is -2.06. The van der Waals surface area contributed by atoms with Crippen molar-refractivity contribution < 1.29 is 33.0 Å². The zero-order chi connectivity index (χ0) is 37.2. The molecule has 15 nitrogen and oxygen atoms in total. The largest absolute Gasteiger partial charge is 0.478 e. The fourth-order valence-electron chi connectivity index (χ4n) is 4.65. The number of methoxy groups -OCH3 is 1. The van der Waals surface area contributed by atoms with Crippen LogP contribution >= 0.6 is 23.7 Å². The number of ether oxygens (including phenoxy) is 1. The normalized spacial score (nSPS) is 10.4. The molecule has 0 saturated heterocycles. The average Bonchev–Trinajstić information content (AvgIpc) is 3.93. The van der Waals surface area contributed by atoms with Gasteiger partial charge in [0.05, 0.1) is 78.5 Å². The molecule has 7 rings (SSSR count). The number of nitrogens with one attached hydrogen (secondary N) is 1. The highest BCUT2D eigenvalue weighted by molar-refractivity contribution is 7.11. The number of halogens is 3. The third-order valence-corrected chi connectivity index (χ3v) is 8.28. The Bertz CT molecular complexity index is 2330. The van der Waals surface area contributed by atoms with Crippen molar-refractivity contribution >= 4 is 63.4 Å². The molecule has 0 unspecified atom stereocenters. The minimum absolute atomic E-state index is 0. The minimum atomic E-state index is -1.06. The summed E-state index contributed by atoms with van der Waals surface area (Å²) in [7, 11) is 1.30. The van der Waals surface area contributed by atoms with E-state index < -0.39 is 5.97 Å². The van der Waals surface area contributed by atoms with Gasteiger partial charge in [0.1, 0.15) is 21.6 Å². The van der Waals surface area contributed by atoms with Gasteiger partial charge in [0.15, 0.2) is 0 Å². The highest BCUT2D eigenvalue weighted by Gasteiger charge is 2.16. The number of nitrogens with two attached hydrogens (primary N) is 1. The van der Waals surface area contributed by atoms with E-state index in [-0.39, 0.29) is 48.0 Å². The number of carbonyl (C=O) groups is 3. The molecule has 7 aromatic rings. The monoisotopic (exact) mass is 764 g/mol. The summed E-state index contributed by atoms with van der Waals surface area (Å²) in [4.78, 5) is 41.6. The molecule has 0 radical (unpaired) electrons. The zero-order valence-electron chi connectivity index (χ0n) is 28.0. The number of carboxylic acid groups (broad SMARTS) is 1. The summed E-state index contributed by atoms with van der Waals surface area (Å²) in [5, 5.41) is 31.3. The molecule has 53 heavy (non-hydrogen) atoms. The number of amides is 1. The van der Waals surface area contributed by atoms with Gasteiger partial charge in [0.2, 0.25) is 0 Å². The quantitative estimate of drug-likeness (QED) is 0.180. The number of aromatic carboxylic acids is 1. The van der Waals surface area contributed by atoms with Crippen LogP contribution in [0.5, 0.6) is 0 Å². The van der Waals surface area contributed by atoms with E-state index in [1.165, 1.54) is 72.2 Å². The molecule has 0 spiro atoms. The Morgan fingerprint density at radius 3 is 1.72 bits per heavy atom. The van der Waals surface area contributed by atoms with Crippen LogP contribution in [-0.4, -0.2) is 76.3 Å². The molecule has 5 heterocycles. The average molecular weight is 765 g/mol. The van der Waals surface area contributed by atoms with Crippen molar-refractivity contribution in [2.75, 3.05) is 13.7 Å². The molecule has 4 N–H and O–H groups in total. The number of hydrogen-bond acceptors (Lipinski definition) is 12. The first-order chi connectivity index (χ1) is 25.1. The lowest BCUT2D eigenvalue weighted by molar-refractivity contribution is -0.138. The SMILES string of the molecule is CCc1nnc(CNC(=O)c2cncc3c2cnn3-c2ccc(F)cc2)s1.COC(=O)CN.Cl.O=C(O)c1cncc2c1cnn2-c1ccc(F)cc1. The summed E-state index contributed by atoms with van der Waals surface area (Å²) in [6.45, 7) is 2.28. The van der Waals surface area contributed by atoms with Crippen molar-refractivity contribution in [1.82, 2.24) is 45.0 Å². The lowest BCUT2D eigenvalue weighted by Crippen LogP contribution is -2.23. The van der Waals surface area contributed by atoms with Crippen LogP contribution in [0.2, 0.25) is 0 Å². The molecule has 0 aliphatic carbocycles. The fraction of sp³-hybridized carbons (Fsp3) is 0.147. The number of esters is 1. The maximum Gasteiger partial charge on any atom is 0.338 e. The lowest BCUT2D eigenvalue weighted by atomic mass is 10.2. The van der Waals surface area contributed by atoms with Gasteiger partial charge in [-0.25, -0.2) is 22.9 Å². The number of carbonyl (C=O) groups excluding carboxylic acids is 2. The summed E-state index contributed by atoms with van der Waals surface area (Å²) in [6, 6.07) is 11.7. The highest BCUT2D eigenvalue weighted by atomic mass is 35.5. The van der Waals surface area contributed by atoms with Crippen LogP contribution in [0.15, 0.2) is 85.7 Å². The Labute approximate surface area is 309 Å². The molecule has 0 aliphatic rings.